The third-order valence-electron chi connectivity index (χ3n) is 4.42. The third kappa shape index (κ3) is 3.12. The molecule has 4 heteroatoms. The zero-order valence-corrected chi connectivity index (χ0v) is 11.7. The number of carbonyl (C=O) groups is 1. The molecule has 1 aromatic rings. The summed E-state index contributed by atoms with van der Waals surface area (Å²) >= 11 is 0. The number of carbonyl (C=O) groups excluding carboxylic acids is 1. The fraction of sp³-hybridized carbons (Fsp3) is 0.562. The number of likely N-dealkylation sites (tertiary alicyclic amines) is 1. The molecule has 1 aliphatic heterocycles. The van der Waals surface area contributed by atoms with Crippen LogP contribution in [0.25, 0.3) is 0 Å². The molecule has 0 spiro atoms. The zero-order valence-electron chi connectivity index (χ0n) is 11.7. The molecular formula is C16H22N2O2. The molecule has 3 atom stereocenters. The van der Waals surface area contributed by atoms with E-state index in [9.17, 15) is 4.79 Å². The van der Waals surface area contributed by atoms with Gasteiger partial charge in [-0.25, -0.2) is 4.79 Å². The topological polar surface area (TPSA) is 55.6 Å². The fourth-order valence-electron chi connectivity index (χ4n) is 3.11. The predicted octanol–water partition coefficient (Wildman–Crippen LogP) is 2.38. The van der Waals surface area contributed by atoms with E-state index in [2.05, 4.69) is 0 Å². The first-order valence-electron chi connectivity index (χ1n) is 7.45. The number of piperidine rings is 1. The van der Waals surface area contributed by atoms with Crippen LogP contribution in [0, 0.1) is 11.8 Å². The van der Waals surface area contributed by atoms with Crippen LogP contribution in [0.15, 0.2) is 30.3 Å². The molecule has 1 heterocycles. The number of nitrogens with two attached hydrogens (primary N) is 1. The van der Waals surface area contributed by atoms with Crippen LogP contribution in [-0.2, 0) is 11.3 Å². The average Bonchev–Trinajstić information content (AvgIpc) is 3.23. The quantitative estimate of drug-likeness (QED) is 0.920. The molecular weight excluding hydrogens is 252 g/mol. The van der Waals surface area contributed by atoms with E-state index in [1.54, 1.807) is 0 Å². The Labute approximate surface area is 119 Å². The van der Waals surface area contributed by atoms with Crippen molar-refractivity contribution in [1.82, 2.24) is 4.90 Å². The van der Waals surface area contributed by atoms with E-state index in [4.69, 9.17) is 10.5 Å². The summed E-state index contributed by atoms with van der Waals surface area (Å²) in [6.07, 6.45) is 3.19. The standard InChI is InChI=1S/C16H22N2O2/c17-15-9-14(15)13-7-4-8-18(10-13)16(19)20-11-12-5-2-1-3-6-12/h1-3,5-6,13-15H,4,7-11,17H2. The van der Waals surface area contributed by atoms with Crippen LogP contribution in [0.2, 0.25) is 0 Å². The van der Waals surface area contributed by atoms with E-state index in [0.29, 0.717) is 24.5 Å². The Morgan fingerprint density at radius 1 is 1.35 bits per heavy atom. The van der Waals surface area contributed by atoms with Crippen LogP contribution < -0.4 is 5.73 Å². The molecule has 1 saturated carbocycles. The molecule has 3 rings (SSSR count). The minimum atomic E-state index is -0.187. The molecule has 108 valence electrons. The van der Waals surface area contributed by atoms with Crippen LogP contribution in [0.1, 0.15) is 24.8 Å². The van der Waals surface area contributed by atoms with Crippen molar-refractivity contribution in [2.24, 2.45) is 17.6 Å². The Morgan fingerprint density at radius 3 is 2.80 bits per heavy atom. The van der Waals surface area contributed by atoms with Gasteiger partial charge in [-0.2, -0.15) is 0 Å². The normalized spacial score (nSPS) is 29.1. The molecule has 2 aliphatic rings. The number of nitrogens with zero attached hydrogens (tertiary/aromatic N) is 1. The zero-order chi connectivity index (χ0) is 13.9. The van der Waals surface area contributed by atoms with Gasteiger partial charge in [-0.1, -0.05) is 30.3 Å². The second kappa shape index (κ2) is 5.83. The van der Waals surface area contributed by atoms with E-state index in [1.165, 1.54) is 6.42 Å². The highest BCUT2D eigenvalue weighted by atomic mass is 16.6. The van der Waals surface area contributed by atoms with Gasteiger partial charge < -0.3 is 15.4 Å². The van der Waals surface area contributed by atoms with Gasteiger partial charge in [0, 0.05) is 19.1 Å². The smallest absolute Gasteiger partial charge is 0.410 e. The minimum Gasteiger partial charge on any atom is -0.445 e. The Hall–Kier alpha value is -1.55. The van der Waals surface area contributed by atoms with Crippen molar-refractivity contribution in [2.75, 3.05) is 13.1 Å². The first-order valence-corrected chi connectivity index (χ1v) is 7.45. The molecule has 1 aromatic carbocycles. The summed E-state index contributed by atoms with van der Waals surface area (Å²) in [6.45, 7) is 1.97. The summed E-state index contributed by atoms with van der Waals surface area (Å²) in [5, 5.41) is 0. The van der Waals surface area contributed by atoms with Crippen molar-refractivity contribution < 1.29 is 9.53 Å². The summed E-state index contributed by atoms with van der Waals surface area (Å²) in [5.41, 5.74) is 6.95. The van der Waals surface area contributed by atoms with E-state index in [1.807, 2.05) is 35.2 Å². The summed E-state index contributed by atoms with van der Waals surface area (Å²) in [7, 11) is 0. The third-order valence-corrected chi connectivity index (χ3v) is 4.42. The number of rotatable bonds is 3. The van der Waals surface area contributed by atoms with Gasteiger partial charge in [-0.3, -0.25) is 0 Å². The van der Waals surface area contributed by atoms with Crippen LogP contribution >= 0.6 is 0 Å². The molecule has 0 radical (unpaired) electrons. The summed E-state index contributed by atoms with van der Waals surface area (Å²) in [4.78, 5) is 14.0. The monoisotopic (exact) mass is 274 g/mol. The van der Waals surface area contributed by atoms with Crippen molar-refractivity contribution in [3.63, 3.8) is 0 Å². The second-order valence-electron chi connectivity index (χ2n) is 5.95. The molecule has 2 N–H and O–H groups in total. The number of ether oxygens (including phenoxy) is 1. The lowest BCUT2D eigenvalue weighted by atomic mass is 9.93. The highest BCUT2D eigenvalue weighted by molar-refractivity contribution is 5.67. The molecule has 1 amide bonds. The first kappa shape index (κ1) is 13.4. The van der Waals surface area contributed by atoms with Gasteiger partial charge in [0.2, 0.25) is 0 Å². The van der Waals surface area contributed by atoms with Crippen molar-refractivity contribution in [2.45, 2.75) is 31.9 Å². The lowest BCUT2D eigenvalue weighted by Crippen LogP contribution is -2.41. The van der Waals surface area contributed by atoms with Crippen LogP contribution in [-0.4, -0.2) is 30.1 Å². The number of hydrogen-bond donors (Lipinski definition) is 1. The average molecular weight is 274 g/mol. The highest BCUT2D eigenvalue weighted by Crippen LogP contribution is 2.40. The summed E-state index contributed by atoms with van der Waals surface area (Å²) in [5.74, 6) is 1.20. The van der Waals surface area contributed by atoms with Crippen molar-refractivity contribution >= 4 is 6.09 Å². The van der Waals surface area contributed by atoms with Crippen molar-refractivity contribution in [1.29, 1.82) is 0 Å². The largest absolute Gasteiger partial charge is 0.445 e. The molecule has 3 unspecified atom stereocenters. The molecule has 20 heavy (non-hydrogen) atoms. The maximum Gasteiger partial charge on any atom is 0.410 e. The fourth-order valence-corrected chi connectivity index (χ4v) is 3.11. The van der Waals surface area contributed by atoms with Crippen molar-refractivity contribution in [3.05, 3.63) is 35.9 Å². The molecule has 4 nitrogen and oxygen atoms in total. The van der Waals surface area contributed by atoms with E-state index in [-0.39, 0.29) is 6.09 Å². The first-order chi connectivity index (χ1) is 9.74. The SMILES string of the molecule is NC1CC1C1CCCN(C(=O)OCc2ccccc2)C1. The maximum atomic E-state index is 12.1. The van der Waals surface area contributed by atoms with Crippen molar-refractivity contribution in [3.8, 4) is 0 Å². The number of amides is 1. The van der Waals surface area contributed by atoms with Crippen LogP contribution in [0.5, 0.6) is 0 Å². The Kier molecular flexibility index (Phi) is 3.92. The van der Waals surface area contributed by atoms with Gasteiger partial charge in [-0.05, 0) is 36.7 Å². The molecule has 1 aliphatic carbocycles. The summed E-state index contributed by atoms with van der Waals surface area (Å²) < 4.78 is 5.40. The highest BCUT2D eigenvalue weighted by Gasteiger charge is 2.42. The molecule has 2 fully saturated rings. The number of benzene rings is 1. The Balaban J connectivity index is 1.49. The Bertz CT molecular complexity index is 463. The van der Waals surface area contributed by atoms with Crippen LogP contribution in [0.4, 0.5) is 4.79 Å². The lowest BCUT2D eigenvalue weighted by molar-refractivity contribution is 0.0761. The maximum absolute atomic E-state index is 12.1. The molecule has 1 saturated heterocycles. The summed E-state index contributed by atoms with van der Waals surface area (Å²) in [6, 6.07) is 10.2. The second-order valence-corrected chi connectivity index (χ2v) is 5.95. The predicted molar refractivity (Wildman–Crippen MR) is 77.0 cm³/mol. The van der Waals surface area contributed by atoms with Gasteiger partial charge in [0.15, 0.2) is 0 Å². The molecule has 0 aromatic heterocycles. The van der Waals surface area contributed by atoms with E-state index in [0.717, 1.165) is 31.5 Å². The van der Waals surface area contributed by atoms with Gasteiger partial charge >= 0.3 is 6.09 Å². The lowest BCUT2D eigenvalue weighted by Gasteiger charge is -2.32. The minimum absolute atomic E-state index is 0.187. The Morgan fingerprint density at radius 2 is 2.10 bits per heavy atom. The van der Waals surface area contributed by atoms with Crippen LogP contribution in [0.3, 0.4) is 0 Å². The van der Waals surface area contributed by atoms with E-state index < -0.39 is 0 Å². The van der Waals surface area contributed by atoms with Gasteiger partial charge in [0.05, 0.1) is 0 Å². The van der Waals surface area contributed by atoms with E-state index >= 15 is 0 Å². The number of hydrogen-bond acceptors (Lipinski definition) is 3. The van der Waals surface area contributed by atoms with Gasteiger partial charge in [-0.15, -0.1) is 0 Å². The molecule has 0 bridgehead atoms. The van der Waals surface area contributed by atoms with Gasteiger partial charge in [0.25, 0.3) is 0 Å². The van der Waals surface area contributed by atoms with Gasteiger partial charge in [0.1, 0.15) is 6.61 Å².